The molecule has 1 saturated heterocycles. The first-order valence-electron chi connectivity index (χ1n) is 7.07. The lowest BCUT2D eigenvalue weighted by atomic mass is 9.80. The van der Waals surface area contributed by atoms with Gasteiger partial charge < -0.3 is 14.2 Å². The fourth-order valence-corrected chi connectivity index (χ4v) is 3.36. The van der Waals surface area contributed by atoms with Gasteiger partial charge in [0.15, 0.2) is 5.79 Å². The molecule has 1 heterocycles. The number of methoxy groups -OCH3 is 1. The molecule has 1 saturated carbocycles. The number of rotatable bonds is 6. The van der Waals surface area contributed by atoms with Crippen LogP contribution in [-0.2, 0) is 19.0 Å². The molecule has 0 aromatic carbocycles. The topological polar surface area (TPSA) is 44.8 Å². The van der Waals surface area contributed by atoms with Gasteiger partial charge in [-0.3, -0.25) is 4.79 Å². The summed E-state index contributed by atoms with van der Waals surface area (Å²) in [6.07, 6.45) is 6.69. The predicted molar refractivity (Wildman–Crippen MR) is 67.1 cm³/mol. The van der Waals surface area contributed by atoms with E-state index in [1.54, 1.807) is 0 Å². The Bertz CT molecular complexity index is 290. The SMILES string of the molecule is CCCCCOC12CCCC1(C(=O)OC)CCO2. The molecule has 2 aliphatic rings. The Morgan fingerprint density at radius 3 is 2.83 bits per heavy atom. The van der Waals surface area contributed by atoms with Gasteiger partial charge in [-0.1, -0.05) is 19.8 Å². The maximum Gasteiger partial charge on any atom is 0.317 e. The standard InChI is InChI=1S/C14H24O4/c1-3-4-5-10-17-14-8-6-7-13(14,9-11-18-14)12(15)16-2/h3-11H2,1-2H3. The summed E-state index contributed by atoms with van der Waals surface area (Å²) in [7, 11) is 1.45. The summed E-state index contributed by atoms with van der Waals surface area (Å²) in [6.45, 7) is 3.44. The summed E-state index contributed by atoms with van der Waals surface area (Å²) in [5.41, 5.74) is -0.548. The summed E-state index contributed by atoms with van der Waals surface area (Å²) in [4.78, 5) is 12.1. The summed E-state index contributed by atoms with van der Waals surface area (Å²) < 4.78 is 16.9. The third-order valence-electron chi connectivity index (χ3n) is 4.36. The molecule has 2 rings (SSSR count). The van der Waals surface area contributed by atoms with E-state index in [1.807, 2.05) is 0 Å². The van der Waals surface area contributed by atoms with Crippen LogP contribution in [-0.4, -0.2) is 32.1 Å². The average molecular weight is 256 g/mol. The van der Waals surface area contributed by atoms with Crippen LogP contribution in [0.4, 0.5) is 0 Å². The third-order valence-corrected chi connectivity index (χ3v) is 4.36. The van der Waals surface area contributed by atoms with Gasteiger partial charge >= 0.3 is 5.97 Å². The summed E-state index contributed by atoms with van der Waals surface area (Å²) >= 11 is 0. The molecule has 2 unspecified atom stereocenters. The van der Waals surface area contributed by atoms with E-state index >= 15 is 0 Å². The van der Waals surface area contributed by atoms with Gasteiger partial charge in [0.05, 0.1) is 20.3 Å². The molecule has 2 atom stereocenters. The van der Waals surface area contributed by atoms with Crippen molar-refractivity contribution >= 4 is 5.97 Å². The van der Waals surface area contributed by atoms with Gasteiger partial charge in [0.2, 0.25) is 0 Å². The molecule has 1 aliphatic carbocycles. The number of unbranched alkanes of at least 4 members (excludes halogenated alkanes) is 2. The van der Waals surface area contributed by atoms with E-state index in [4.69, 9.17) is 14.2 Å². The Hall–Kier alpha value is -0.610. The zero-order valence-electron chi connectivity index (χ0n) is 11.5. The number of carbonyl (C=O) groups is 1. The Kier molecular flexibility index (Phi) is 4.28. The molecule has 0 aromatic rings. The normalized spacial score (nSPS) is 34.6. The average Bonchev–Trinajstić information content (AvgIpc) is 2.89. The van der Waals surface area contributed by atoms with Crippen molar-refractivity contribution in [2.45, 2.75) is 57.7 Å². The lowest BCUT2D eigenvalue weighted by Crippen LogP contribution is -2.48. The van der Waals surface area contributed by atoms with E-state index in [0.29, 0.717) is 13.2 Å². The van der Waals surface area contributed by atoms with Crippen molar-refractivity contribution in [3.05, 3.63) is 0 Å². The molecule has 0 aromatic heterocycles. The quantitative estimate of drug-likeness (QED) is 0.541. The Morgan fingerprint density at radius 2 is 2.11 bits per heavy atom. The molecule has 0 bridgehead atoms. The van der Waals surface area contributed by atoms with Crippen molar-refractivity contribution in [3.63, 3.8) is 0 Å². The van der Waals surface area contributed by atoms with Crippen molar-refractivity contribution in [3.8, 4) is 0 Å². The number of carbonyl (C=O) groups excluding carboxylic acids is 1. The van der Waals surface area contributed by atoms with E-state index < -0.39 is 11.2 Å². The van der Waals surface area contributed by atoms with Crippen LogP contribution in [0.2, 0.25) is 0 Å². The van der Waals surface area contributed by atoms with Crippen LogP contribution >= 0.6 is 0 Å². The first-order valence-corrected chi connectivity index (χ1v) is 7.07. The van der Waals surface area contributed by atoms with Crippen LogP contribution in [0.1, 0.15) is 51.9 Å². The first-order chi connectivity index (χ1) is 8.71. The maximum absolute atomic E-state index is 12.1. The smallest absolute Gasteiger partial charge is 0.317 e. The summed E-state index contributed by atoms with van der Waals surface area (Å²) in [5, 5.41) is 0. The Morgan fingerprint density at radius 1 is 1.28 bits per heavy atom. The molecular formula is C14H24O4. The van der Waals surface area contributed by atoms with Crippen molar-refractivity contribution in [2.75, 3.05) is 20.3 Å². The number of hydrogen-bond donors (Lipinski definition) is 0. The summed E-state index contributed by atoms with van der Waals surface area (Å²) in [6, 6.07) is 0. The van der Waals surface area contributed by atoms with Gasteiger partial charge in [-0.15, -0.1) is 0 Å². The van der Waals surface area contributed by atoms with E-state index in [-0.39, 0.29) is 5.97 Å². The molecule has 4 heteroatoms. The monoisotopic (exact) mass is 256 g/mol. The lowest BCUT2D eigenvalue weighted by molar-refractivity contribution is -0.249. The van der Waals surface area contributed by atoms with Gasteiger partial charge in [-0.05, 0) is 25.7 Å². The van der Waals surface area contributed by atoms with Gasteiger partial charge in [-0.2, -0.15) is 0 Å². The first kappa shape index (κ1) is 13.8. The molecule has 0 N–H and O–H groups in total. The van der Waals surface area contributed by atoms with Crippen molar-refractivity contribution < 1.29 is 19.0 Å². The molecule has 1 aliphatic heterocycles. The van der Waals surface area contributed by atoms with E-state index in [2.05, 4.69) is 6.92 Å². The van der Waals surface area contributed by atoms with Gasteiger partial charge in [0.25, 0.3) is 0 Å². The minimum Gasteiger partial charge on any atom is -0.468 e. The number of hydrogen-bond acceptors (Lipinski definition) is 4. The fraction of sp³-hybridized carbons (Fsp3) is 0.929. The van der Waals surface area contributed by atoms with E-state index in [1.165, 1.54) is 13.5 Å². The van der Waals surface area contributed by atoms with Crippen LogP contribution in [0.15, 0.2) is 0 Å². The van der Waals surface area contributed by atoms with Crippen LogP contribution < -0.4 is 0 Å². The van der Waals surface area contributed by atoms with Crippen LogP contribution in [0.25, 0.3) is 0 Å². The fourth-order valence-electron chi connectivity index (χ4n) is 3.36. The minimum atomic E-state index is -0.701. The zero-order valence-corrected chi connectivity index (χ0v) is 11.5. The minimum absolute atomic E-state index is 0.159. The highest BCUT2D eigenvalue weighted by Gasteiger charge is 2.65. The van der Waals surface area contributed by atoms with Crippen LogP contribution in [0.3, 0.4) is 0 Å². The molecule has 104 valence electrons. The highest BCUT2D eigenvalue weighted by Crippen LogP contribution is 2.56. The zero-order chi connectivity index (χ0) is 13.1. The van der Waals surface area contributed by atoms with Gasteiger partial charge in [0, 0.05) is 6.42 Å². The third kappa shape index (κ3) is 2.05. The Balaban J connectivity index is 2.06. The van der Waals surface area contributed by atoms with Crippen molar-refractivity contribution in [2.24, 2.45) is 5.41 Å². The van der Waals surface area contributed by atoms with Crippen LogP contribution in [0, 0.1) is 5.41 Å². The Labute approximate surface area is 109 Å². The molecule has 2 fully saturated rings. The number of ether oxygens (including phenoxy) is 3. The van der Waals surface area contributed by atoms with E-state index in [0.717, 1.165) is 38.5 Å². The van der Waals surface area contributed by atoms with Gasteiger partial charge in [0.1, 0.15) is 5.41 Å². The molecule has 0 spiro atoms. The van der Waals surface area contributed by atoms with Crippen LogP contribution in [0.5, 0.6) is 0 Å². The molecule has 18 heavy (non-hydrogen) atoms. The second-order valence-corrected chi connectivity index (χ2v) is 5.33. The second kappa shape index (κ2) is 5.57. The van der Waals surface area contributed by atoms with E-state index in [9.17, 15) is 4.79 Å². The van der Waals surface area contributed by atoms with Crippen molar-refractivity contribution in [1.29, 1.82) is 0 Å². The van der Waals surface area contributed by atoms with Gasteiger partial charge in [-0.25, -0.2) is 0 Å². The number of esters is 1. The van der Waals surface area contributed by atoms with Crippen molar-refractivity contribution in [1.82, 2.24) is 0 Å². The molecule has 0 amide bonds. The predicted octanol–water partition coefficient (Wildman–Crippen LogP) is 2.65. The maximum atomic E-state index is 12.1. The highest BCUT2D eigenvalue weighted by atomic mass is 16.7. The number of fused-ring (bicyclic) bond motifs is 1. The highest BCUT2D eigenvalue weighted by molar-refractivity contribution is 5.79. The molecular weight excluding hydrogens is 232 g/mol. The second-order valence-electron chi connectivity index (χ2n) is 5.33. The molecule has 0 radical (unpaired) electrons. The molecule has 4 nitrogen and oxygen atoms in total. The lowest BCUT2D eigenvalue weighted by Gasteiger charge is -2.36. The summed E-state index contributed by atoms with van der Waals surface area (Å²) in [5.74, 6) is -0.860. The largest absolute Gasteiger partial charge is 0.468 e.